The van der Waals surface area contributed by atoms with E-state index in [1.807, 2.05) is 0 Å². The monoisotopic (exact) mass is 426 g/mol. The first-order chi connectivity index (χ1) is 13.9. The number of nitrogens with two attached hydrogens (primary N) is 1. The van der Waals surface area contributed by atoms with Gasteiger partial charge in [0.2, 0.25) is 11.9 Å². The van der Waals surface area contributed by atoms with Crippen molar-refractivity contribution in [1.82, 2.24) is 20.3 Å². The fourth-order valence-electron chi connectivity index (χ4n) is 2.38. The molecule has 0 bridgehead atoms. The van der Waals surface area contributed by atoms with Crippen molar-refractivity contribution in [3.8, 4) is 0 Å². The summed E-state index contributed by atoms with van der Waals surface area (Å²) in [5.74, 6) is -0.533. The predicted molar refractivity (Wildman–Crippen MR) is 110 cm³/mol. The smallest absolute Gasteiger partial charge is 0.390 e. The van der Waals surface area contributed by atoms with Crippen LogP contribution in [0.15, 0.2) is 22.6 Å². The van der Waals surface area contributed by atoms with E-state index < -0.39 is 23.2 Å². The predicted octanol–water partition coefficient (Wildman–Crippen LogP) is 2.61. The number of halogens is 3. The largest absolute Gasteiger partial charge is 0.418 e. The highest BCUT2D eigenvalue weighted by Crippen LogP contribution is 2.37. The molecule has 0 saturated heterocycles. The third kappa shape index (κ3) is 4.99. The van der Waals surface area contributed by atoms with E-state index in [1.54, 1.807) is 34.7 Å². The number of hydrogen-bond acceptors (Lipinski definition) is 7. The van der Waals surface area contributed by atoms with Crippen LogP contribution in [0.5, 0.6) is 0 Å². The molecule has 164 valence electrons. The first kappa shape index (κ1) is 23.0. The van der Waals surface area contributed by atoms with Gasteiger partial charge in [0.15, 0.2) is 0 Å². The van der Waals surface area contributed by atoms with Crippen LogP contribution in [0, 0.1) is 0 Å². The average Bonchev–Trinajstić information content (AvgIpc) is 3.09. The molecule has 2 heterocycles. The summed E-state index contributed by atoms with van der Waals surface area (Å²) < 4.78 is 40.0. The lowest BCUT2D eigenvalue weighted by Gasteiger charge is -2.16. The van der Waals surface area contributed by atoms with E-state index in [1.165, 1.54) is 6.21 Å². The summed E-state index contributed by atoms with van der Waals surface area (Å²) in [7, 11) is 1.68. The number of carbonyl (C=O) groups excluding carboxylic acids is 1. The molecule has 0 atom stereocenters. The van der Waals surface area contributed by atoms with Crippen molar-refractivity contribution in [3.63, 3.8) is 0 Å². The summed E-state index contributed by atoms with van der Waals surface area (Å²) in [6, 6.07) is 0. The maximum absolute atomic E-state index is 13.3. The molecule has 0 aliphatic carbocycles. The highest BCUT2D eigenvalue weighted by Gasteiger charge is 2.35. The first-order valence-corrected chi connectivity index (χ1v) is 9.11. The number of aliphatic imine (C=N–C) groups is 1. The second-order valence-electron chi connectivity index (χ2n) is 6.95. The average molecular weight is 426 g/mol. The molecular formula is C18H25F3N8O. The van der Waals surface area contributed by atoms with Gasteiger partial charge in [0.05, 0.1) is 16.6 Å². The second kappa shape index (κ2) is 8.59. The molecule has 0 unspecified atom stereocenters. The van der Waals surface area contributed by atoms with Gasteiger partial charge in [-0.2, -0.15) is 23.1 Å². The van der Waals surface area contributed by atoms with E-state index in [4.69, 9.17) is 5.73 Å². The standard InChI is InChI=1S/C18H25F3N8O/c1-6-24-13-12-10(18(19,20)21)7-25-14(12)29-16(28-13)27-11(9(2)23-5)8-26-17(3,4)15(22)30/h7-8,23H,6H2,1-5H3,(H2,22,30)(H3,24,25,27,28,29). The third-order valence-electron chi connectivity index (χ3n) is 4.33. The van der Waals surface area contributed by atoms with Crippen molar-refractivity contribution in [2.75, 3.05) is 24.2 Å². The van der Waals surface area contributed by atoms with E-state index >= 15 is 0 Å². The Labute approximate surface area is 171 Å². The maximum atomic E-state index is 13.3. The molecule has 9 nitrogen and oxygen atoms in total. The second-order valence-corrected chi connectivity index (χ2v) is 6.95. The molecule has 0 aliphatic heterocycles. The quantitative estimate of drug-likeness (QED) is 0.412. The number of aromatic nitrogens is 3. The fraction of sp³-hybridized carbons (Fsp3) is 0.444. The molecule has 0 radical (unpaired) electrons. The Morgan fingerprint density at radius 2 is 2.00 bits per heavy atom. The molecule has 0 spiro atoms. The van der Waals surface area contributed by atoms with Crippen molar-refractivity contribution in [2.45, 2.75) is 39.4 Å². The zero-order valence-electron chi connectivity index (χ0n) is 17.3. The summed E-state index contributed by atoms with van der Waals surface area (Å²) >= 11 is 0. The van der Waals surface area contributed by atoms with E-state index in [2.05, 4.69) is 35.9 Å². The molecule has 2 aromatic heterocycles. The number of amides is 1. The van der Waals surface area contributed by atoms with Crippen LogP contribution in [0.1, 0.15) is 33.3 Å². The Kier molecular flexibility index (Phi) is 6.58. The lowest BCUT2D eigenvalue weighted by molar-refractivity contribution is -0.136. The summed E-state index contributed by atoms with van der Waals surface area (Å²) in [6.45, 7) is 6.96. The van der Waals surface area contributed by atoms with Gasteiger partial charge in [-0.15, -0.1) is 0 Å². The maximum Gasteiger partial charge on any atom is 0.418 e. The number of alkyl halides is 3. The van der Waals surface area contributed by atoms with Gasteiger partial charge in [-0.3, -0.25) is 9.79 Å². The molecule has 2 aromatic rings. The molecule has 2 rings (SSSR count). The van der Waals surface area contributed by atoms with E-state index in [0.717, 1.165) is 6.20 Å². The fourth-order valence-corrected chi connectivity index (χ4v) is 2.38. The van der Waals surface area contributed by atoms with Gasteiger partial charge >= 0.3 is 6.18 Å². The Bertz CT molecular complexity index is 991. The minimum atomic E-state index is -4.55. The minimum absolute atomic E-state index is 0.0200. The summed E-state index contributed by atoms with van der Waals surface area (Å²) in [5, 5.41) is 8.56. The molecule has 1 amide bonds. The Hall–Kier alpha value is -3.31. The number of anilines is 2. The van der Waals surface area contributed by atoms with Crippen LogP contribution < -0.4 is 21.7 Å². The molecule has 0 aromatic carbocycles. The number of nitrogens with one attached hydrogen (secondary N) is 4. The highest BCUT2D eigenvalue weighted by atomic mass is 19.4. The molecular weight excluding hydrogens is 401 g/mol. The van der Waals surface area contributed by atoms with Crippen LogP contribution in [0.25, 0.3) is 11.0 Å². The van der Waals surface area contributed by atoms with Crippen molar-refractivity contribution in [2.24, 2.45) is 10.7 Å². The zero-order chi connectivity index (χ0) is 22.7. The van der Waals surface area contributed by atoms with Gasteiger partial charge in [0.25, 0.3) is 0 Å². The summed E-state index contributed by atoms with van der Waals surface area (Å²) in [6.07, 6.45) is -2.30. The lowest BCUT2D eigenvalue weighted by atomic mass is 10.1. The summed E-state index contributed by atoms with van der Waals surface area (Å²) in [5.41, 5.74) is 4.40. The van der Waals surface area contributed by atoms with Crippen LogP contribution in [-0.2, 0) is 11.0 Å². The van der Waals surface area contributed by atoms with E-state index in [9.17, 15) is 18.0 Å². The van der Waals surface area contributed by atoms with Crippen LogP contribution in [-0.4, -0.2) is 46.2 Å². The van der Waals surface area contributed by atoms with Crippen LogP contribution >= 0.6 is 0 Å². The zero-order valence-corrected chi connectivity index (χ0v) is 17.3. The van der Waals surface area contributed by atoms with E-state index in [-0.39, 0.29) is 22.8 Å². The summed E-state index contributed by atoms with van der Waals surface area (Å²) in [4.78, 5) is 26.6. The number of nitrogens with zero attached hydrogens (tertiary/aromatic N) is 3. The molecule has 12 heteroatoms. The Morgan fingerprint density at radius 1 is 1.33 bits per heavy atom. The highest BCUT2D eigenvalue weighted by molar-refractivity contribution is 5.93. The van der Waals surface area contributed by atoms with Crippen molar-refractivity contribution in [1.29, 1.82) is 0 Å². The van der Waals surface area contributed by atoms with Gasteiger partial charge in [0, 0.05) is 31.7 Å². The number of H-pyrrole nitrogens is 1. The normalized spacial score (nSPS) is 13.5. The number of fused-ring (bicyclic) bond motifs is 1. The first-order valence-electron chi connectivity index (χ1n) is 9.11. The molecule has 30 heavy (non-hydrogen) atoms. The topological polar surface area (TPSA) is 133 Å². The van der Waals surface area contributed by atoms with Crippen molar-refractivity contribution >= 4 is 34.9 Å². The van der Waals surface area contributed by atoms with Gasteiger partial charge in [-0.1, -0.05) is 0 Å². The molecule has 0 fully saturated rings. The van der Waals surface area contributed by atoms with Crippen LogP contribution in [0.2, 0.25) is 0 Å². The molecule has 0 aliphatic rings. The lowest BCUT2D eigenvalue weighted by Crippen LogP contribution is -2.36. The number of allylic oxidation sites excluding steroid dienone is 2. The van der Waals surface area contributed by atoms with Gasteiger partial charge in [-0.25, -0.2) is 0 Å². The number of rotatable bonds is 8. The van der Waals surface area contributed by atoms with Gasteiger partial charge in [0.1, 0.15) is 17.0 Å². The molecule has 0 saturated carbocycles. The van der Waals surface area contributed by atoms with E-state index in [0.29, 0.717) is 17.9 Å². The van der Waals surface area contributed by atoms with Crippen LogP contribution in [0.4, 0.5) is 24.9 Å². The van der Waals surface area contributed by atoms with Crippen LogP contribution in [0.3, 0.4) is 0 Å². The number of carbonyl (C=O) groups is 1. The van der Waals surface area contributed by atoms with Crippen molar-refractivity contribution in [3.05, 3.63) is 23.2 Å². The van der Waals surface area contributed by atoms with Gasteiger partial charge < -0.3 is 26.7 Å². The number of aromatic amines is 1. The van der Waals surface area contributed by atoms with Crippen molar-refractivity contribution < 1.29 is 18.0 Å². The molecule has 6 N–H and O–H groups in total. The van der Waals surface area contributed by atoms with Gasteiger partial charge in [-0.05, 0) is 27.7 Å². The number of primary amides is 1. The SMILES string of the molecule is CCNc1nc(NC(C=NC(C)(C)C(N)=O)=C(C)NC)nc2[nH]cc(C(F)(F)F)c12. The number of hydrogen-bond donors (Lipinski definition) is 5. The Morgan fingerprint density at radius 3 is 2.53 bits per heavy atom. The Balaban J connectivity index is 2.53. The third-order valence-corrected chi connectivity index (χ3v) is 4.33. The minimum Gasteiger partial charge on any atom is -0.390 e.